The van der Waals surface area contributed by atoms with E-state index in [1.54, 1.807) is 12.1 Å². The molecule has 1 heterocycles. The predicted molar refractivity (Wildman–Crippen MR) is 110 cm³/mol. The third-order valence-electron chi connectivity index (χ3n) is 5.19. The van der Waals surface area contributed by atoms with Gasteiger partial charge in [0.05, 0.1) is 6.42 Å². The fraction of sp³-hybridized carbons (Fsp3) is 0.435. The van der Waals surface area contributed by atoms with E-state index < -0.39 is 0 Å². The standard InChI is InChI=1S/C23H29FN2O3/c1-26(21-9-12-28-13-10-21)11-14-29-22-4-2-3-19(15-22)17-25-23(27)16-18-5-7-20(24)8-6-18/h2-8,15,21H,9-14,16-17H2,1H3,(H,25,27). The van der Waals surface area contributed by atoms with E-state index in [2.05, 4.69) is 17.3 Å². The largest absolute Gasteiger partial charge is 0.492 e. The number of rotatable bonds is 9. The summed E-state index contributed by atoms with van der Waals surface area (Å²) in [5, 5.41) is 2.90. The van der Waals surface area contributed by atoms with Gasteiger partial charge in [0, 0.05) is 32.3 Å². The minimum Gasteiger partial charge on any atom is -0.492 e. The van der Waals surface area contributed by atoms with Gasteiger partial charge in [-0.15, -0.1) is 0 Å². The van der Waals surface area contributed by atoms with Gasteiger partial charge < -0.3 is 14.8 Å². The number of nitrogens with one attached hydrogen (secondary N) is 1. The fourth-order valence-corrected chi connectivity index (χ4v) is 3.41. The molecule has 2 aromatic carbocycles. The molecule has 29 heavy (non-hydrogen) atoms. The highest BCUT2D eigenvalue weighted by molar-refractivity contribution is 5.78. The molecular weight excluding hydrogens is 371 g/mol. The van der Waals surface area contributed by atoms with Crippen LogP contribution in [0, 0.1) is 5.82 Å². The van der Waals surface area contributed by atoms with Crippen molar-refractivity contribution in [3.8, 4) is 5.75 Å². The average Bonchev–Trinajstić information content (AvgIpc) is 2.75. The summed E-state index contributed by atoms with van der Waals surface area (Å²) in [6, 6.07) is 14.3. The first-order valence-electron chi connectivity index (χ1n) is 10.1. The zero-order chi connectivity index (χ0) is 20.5. The molecule has 0 radical (unpaired) electrons. The number of hydrogen-bond donors (Lipinski definition) is 1. The number of nitrogens with zero attached hydrogens (tertiary/aromatic N) is 1. The molecule has 1 fully saturated rings. The summed E-state index contributed by atoms with van der Waals surface area (Å²) in [4.78, 5) is 14.4. The lowest BCUT2D eigenvalue weighted by Crippen LogP contribution is -2.38. The molecule has 0 aliphatic carbocycles. The molecule has 3 rings (SSSR count). The molecule has 1 N–H and O–H groups in total. The number of ether oxygens (including phenoxy) is 2. The van der Waals surface area contributed by atoms with Crippen LogP contribution in [0.4, 0.5) is 4.39 Å². The number of hydrogen-bond acceptors (Lipinski definition) is 4. The maximum absolute atomic E-state index is 12.9. The first-order valence-corrected chi connectivity index (χ1v) is 10.1. The molecule has 5 nitrogen and oxygen atoms in total. The lowest BCUT2D eigenvalue weighted by atomic mass is 10.1. The van der Waals surface area contributed by atoms with Crippen molar-refractivity contribution in [1.82, 2.24) is 10.2 Å². The van der Waals surface area contributed by atoms with E-state index in [1.165, 1.54) is 12.1 Å². The second-order valence-corrected chi connectivity index (χ2v) is 7.40. The number of carbonyl (C=O) groups excluding carboxylic acids is 1. The van der Waals surface area contributed by atoms with Crippen LogP contribution >= 0.6 is 0 Å². The van der Waals surface area contributed by atoms with Gasteiger partial charge in [-0.2, -0.15) is 0 Å². The Hall–Kier alpha value is -2.44. The molecule has 6 heteroatoms. The van der Waals surface area contributed by atoms with Crippen LogP contribution in [0.3, 0.4) is 0 Å². The maximum Gasteiger partial charge on any atom is 0.224 e. The van der Waals surface area contributed by atoms with Crippen molar-refractivity contribution in [3.05, 3.63) is 65.5 Å². The third kappa shape index (κ3) is 7.15. The van der Waals surface area contributed by atoms with E-state index in [0.29, 0.717) is 19.2 Å². The molecule has 1 aliphatic heterocycles. The van der Waals surface area contributed by atoms with Gasteiger partial charge in [-0.1, -0.05) is 24.3 Å². The summed E-state index contributed by atoms with van der Waals surface area (Å²) >= 11 is 0. The topological polar surface area (TPSA) is 50.8 Å². The highest BCUT2D eigenvalue weighted by Gasteiger charge is 2.17. The molecule has 1 amide bonds. The van der Waals surface area contributed by atoms with Crippen molar-refractivity contribution in [3.63, 3.8) is 0 Å². The van der Waals surface area contributed by atoms with Crippen LogP contribution in [0.15, 0.2) is 48.5 Å². The molecule has 0 unspecified atom stereocenters. The molecule has 1 saturated heterocycles. The molecule has 2 aromatic rings. The van der Waals surface area contributed by atoms with Gasteiger partial charge in [0.2, 0.25) is 5.91 Å². The molecule has 0 atom stereocenters. The van der Waals surface area contributed by atoms with Crippen LogP contribution in [0.2, 0.25) is 0 Å². The number of benzene rings is 2. The molecule has 0 aromatic heterocycles. The van der Waals surface area contributed by atoms with Crippen LogP contribution in [-0.4, -0.2) is 50.3 Å². The summed E-state index contributed by atoms with van der Waals surface area (Å²) < 4.78 is 24.3. The van der Waals surface area contributed by atoms with Crippen LogP contribution in [0.5, 0.6) is 5.75 Å². The van der Waals surface area contributed by atoms with Gasteiger partial charge in [-0.05, 0) is 55.3 Å². The number of carbonyl (C=O) groups is 1. The minimum atomic E-state index is -0.301. The summed E-state index contributed by atoms with van der Waals surface area (Å²) in [6.45, 7) is 3.59. The fourth-order valence-electron chi connectivity index (χ4n) is 3.41. The molecule has 0 bridgehead atoms. The zero-order valence-electron chi connectivity index (χ0n) is 16.9. The van der Waals surface area contributed by atoms with Crippen molar-refractivity contribution in [2.75, 3.05) is 33.4 Å². The average molecular weight is 400 g/mol. The van der Waals surface area contributed by atoms with Gasteiger partial charge in [-0.25, -0.2) is 4.39 Å². The highest BCUT2D eigenvalue weighted by Crippen LogP contribution is 2.15. The lowest BCUT2D eigenvalue weighted by molar-refractivity contribution is -0.120. The second kappa shape index (κ2) is 10.9. The Balaban J connectivity index is 1.40. The Bertz CT molecular complexity index is 776. The van der Waals surface area contributed by atoms with Gasteiger partial charge in [0.1, 0.15) is 18.2 Å². The van der Waals surface area contributed by atoms with E-state index in [0.717, 1.165) is 49.5 Å². The maximum atomic E-state index is 12.9. The van der Waals surface area contributed by atoms with E-state index in [1.807, 2.05) is 24.3 Å². The predicted octanol–water partition coefficient (Wildman–Crippen LogP) is 3.17. The smallest absolute Gasteiger partial charge is 0.224 e. The summed E-state index contributed by atoms with van der Waals surface area (Å²) in [5.74, 6) is 0.404. The molecule has 0 saturated carbocycles. The van der Waals surface area contributed by atoms with Gasteiger partial charge in [0.25, 0.3) is 0 Å². The highest BCUT2D eigenvalue weighted by atomic mass is 19.1. The van der Waals surface area contributed by atoms with Gasteiger partial charge >= 0.3 is 0 Å². The lowest BCUT2D eigenvalue weighted by Gasteiger charge is -2.31. The summed E-state index contributed by atoms with van der Waals surface area (Å²) in [6.07, 6.45) is 2.38. The van der Waals surface area contributed by atoms with Crippen molar-refractivity contribution in [2.45, 2.75) is 31.8 Å². The molecule has 1 aliphatic rings. The summed E-state index contributed by atoms with van der Waals surface area (Å²) in [7, 11) is 2.13. The second-order valence-electron chi connectivity index (χ2n) is 7.40. The Morgan fingerprint density at radius 2 is 1.93 bits per heavy atom. The summed E-state index contributed by atoms with van der Waals surface area (Å²) in [5.41, 5.74) is 1.77. The minimum absolute atomic E-state index is 0.0963. The van der Waals surface area contributed by atoms with E-state index in [4.69, 9.17) is 9.47 Å². The molecule has 0 spiro atoms. The van der Waals surface area contributed by atoms with Crippen LogP contribution in [0.1, 0.15) is 24.0 Å². The van der Waals surface area contributed by atoms with Crippen molar-refractivity contribution in [1.29, 1.82) is 0 Å². The van der Waals surface area contributed by atoms with Crippen molar-refractivity contribution >= 4 is 5.91 Å². The Labute approximate surface area is 171 Å². The van der Waals surface area contributed by atoms with Crippen LogP contribution in [-0.2, 0) is 22.5 Å². The number of likely N-dealkylation sites (N-methyl/N-ethyl adjacent to an activating group) is 1. The van der Waals surface area contributed by atoms with E-state index >= 15 is 0 Å². The van der Waals surface area contributed by atoms with Gasteiger partial charge in [0.15, 0.2) is 0 Å². The van der Waals surface area contributed by atoms with E-state index in [9.17, 15) is 9.18 Å². The Morgan fingerprint density at radius 3 is 2.69 bits per heavy atom. The SMILES string of the molecule is CN(CCOc1cccc(CNC(=O)Cc2ccc(F)cc2)c1)C1CCOCC1. The normalized spacial score (nSPS) is 14.7. The quantitative estimate of drug-likeness (QED) is 0.703. The van der Waals surface area contributed by atoms with E-state index in [-0.39, 0.29) is 18.1 Å². The molecular formula is C23H29FN2O3. The number of halogens is 1. The zero-order valence-corrected chi connectivity index (χ0v) is 16.9. The monoisotopic (exact) mass is 400 g/mol. The number of amides is 1. The first-order chi connectivity index (χ1) is 14.1. The Morgan fingerprint density at radius 1 is 1.17 bits per heavy atom. The molecule has 156 valence electrons. The van der Waals surface area contributed by atoms with Crippen LogP contribution in [0.25, 0.3) is 0 Å². The van der Waals surface area contributed by atoms with Crippen molar-refractivity contribution in [2.24, 2.45) is 0 Å². The third-order valence-corrected chi connectivity index (χ3v) is 5.19. The van der Waals surface area contributed by atoms with Crippen LogP contribution < -0.4 is 10.1 Å². The first kappa shape index (κ1) is 21.3. The van der Waals surface area contributed by atoms with Crippen molar-refractivity contribution < 1.29 is 18.7 Å². The Kier molecular flexibility index (Phi) is 8.02. The van der Waals surface area contributed by atoms with Gasteiger partial charge in [-0.3, -0.25) is 9.69 Å².